The molecule has 5 heteroatoms. The maximum atomic E-state index is 6.18. The van der Waals surface area contributed by atoms with Crippen molar-refractivity contribution in [1.29, 1.82) is 0 Å². The van der Waals surface area contributed by atoms with E-state index in [0.29, 0.717) is 11.1 Å². The number of halogens is 2. The minimum atomic E-state index is -0.351. The van der Waals surface area contributed by atoms with Crippen LogP contribution in [0.15, 0.2) is 0 Å². The largest absolute Gasteiger partial charge is 0.370 e. The highest BCUT2D eigenvalue weighted by Crippen LogP contribution is 2.41. The van der Waals surface area contributed by atoms with Gasteiger partial charge in [0.25, 0.3) is 0 Å². The van der Waals surface area contributed by atoms with Crippen molar-refractivity contribution in [3.05, 3.63) is 20.2 Å². The molecule has 1 fully saturated rings. The van der Waals surface area contributed by atoms with Crippen LogP contribution in [0.1, 0.15) is 44.1 Å². The molecule has 0 aromatic carbocycles. The van der Waals surface area contributed by atoms with Crippen LogP contribution >= 0.6 is 34.2 Å². The van der Waals surface area contributed by atoms with Crippen molar-refractivity contribution < 1.29 is 4.74 Å². The first kappa shape index (κ1) is 14.5. The quantitative estimate of drug-likeness (QED) is 0.572. The predicted octanol–water partition coefficient (Wildman–Crippen LogP) is 4.09. The van der Waals surface area contributed by atoms with Crippen molar-refractivity contribution >= 4 is 34.2 Å². The van der Waals surface area contributed by atoms with Gasteiger partial charge in [0.1, 0.15) is 10.8 Å². The fourth-order valence-corrected chi connectivity index (χ4v) is 3.17. The minimum Gasteiger partial charge on any atom is -0.370 e. The molecule has 0 amide bonds. The zero-order valence-electron chi connectivity index (χ0n) is 11.0. The summed E-state index contributed by atoms with van der Waals surface area (Å²) < 4.78 is 6.72. The molecule has 0 bridgehead atoms. The first-order chi connectivity index (χ1) is 8.48. The Morgan fingerprint density at radius 3 is 2.72 bits per heavy atom. The van der Waals surface area contributed by atoms with Gasteiger partial charge in [0, 0.05) is 7.11 Å². The van der Waals surface area contributed by atoms with Gasteiger partial charge in [-0.25, -0.2) is 9.97 Å². The molecule has 2 atom stereocenters. The summed E-state index contributed by atoms with van der Waals surface area (Å²) >= 11 is 8.36. The summed E-state index contributed by atoms with van der Waals surface area (Å²) in [4.78, 5) is 9.06. The molecule has 1 aromatic rings. The highest BCUT2D eigenvalue weighted by atomic mass is 127. The normalized spacial score (nSPS) is 28.4. The van der Waals surface area contributed by atoms with Crippen LogP contribution in [0, 0.1) is 16.4 Å². The average Bonchev–Trinajstić information content (AvgIpc) is 2.35. The first-order valence-electron chi connectivity index (χ1n) is 6.24. The molecular formula is C13H18ClIN2O. The van der Waals surface area contributed by atoms with Gasteiger partial charge >= 0.3 is 0 Å². The van der Waals surface area contributed by atoms with Crippen LogP contribution in [-0.2, 0) is 10.3 Å². The summed E-state index contributed by atoms with van der Waals surface area (Å²) in [6.45, 7) is 4.22. The van der Waals surface area contributed by atoms with Gasteiger partial charge in [0.2, 0.25) is 0 Å². The zero-order chi connectivity index (χ0) is 13.3. The standard InChI is InChI=1S/C13H18ClIN2O/c1-8-5-4-6-13(7-8,18-3)12-16-9(2)10(15)11(14)17-12/h8H,4-7H2,1-3H3. The van der Waals surface area contributed by atoms with Crippen LogP contribution in [0.2, 0.25) is 5.15 Å². The van der Waals surface area contributed by atoms with E-state index in [4.69, 9.17) is 16.3 Å². The second kappa shape index (κ2) is 5.59. The number of ether oxygens (including phenoxy) is 1. The lowest BCUT2D eigenvalue weighted by Crippen LogP contribution is -2.36. The van der Waals surface area contributed by atoms with Crippen molar-refractivity contribution in [1.82, 2.24) is 9.97 Å². The first-order valence-corrected chi connectivity index (χ1v) is 7.69. The Bertz CT molecular complexity index is 432. The fourth-order valence-electron chi connectivity index (χ4n) is 2.71. The second-order valence-electron chi connectivity index (χ2n) is 5.14. The molecule has 100 valence electrons. The highest BCUT2D eigenvalue weighted by molar-refractivity contribution is 14.1. The molecule has 0 N–H and O–H groups in total. The van der Waals surface area contributed by atoms with E-state index in [1.54, 1.807) is 7.11 Å². The molecular weight excluding hydrogens is 363 g/mol. The van der Waals surface area contributed by atoms with Gasteiger partial charge in [0.15, 0.2) is 5.82 Å². The van der Waals surface area contributed by atoms with Crippen molar-refractivity contribution in [2.45, 2.75) is 45.1 Å². The molecule has 2 unspecified atom stereocenters. The highest BCUT2D eigenvalue weighted by Gasteiger charge is 2.39. The van der Waals surface area contributed by atoms with Gasteiger partial charge in [-0.15, -0.1) is 0 Å². The van der Waals surface area contributed by atoms with E-state index < -0.39 is 0 Å². The SMILES string of the molecule is COC1(c2nc(C)c(I)c(Cl)n2)CCCC(C)C1. The molecule has 1 aliphatic rings. The van der Waals surface area contributed by atoms with Crippen LogP contribution in [0.4, 0.5) is 0 Å². The second-order valence-corrected chi connectivity index (χ2v) is 6.57. The van der Waals surface area contributed by atoms with Crippen molar-refractivity contribution in [3.8, 4) is 0 Å². The number of hydrogen-bond acceptors (Lipinski definition) is 3. The lowest BCUT2D eigenvalue weighted by molar-refractivity contribution is -0.0647. The lowest BCUT2D eigenvalue weighted by atomic mass is 9.78. The Morgan fingerprint density at radius 1 is 1.44 bits per heavy atom. The predicted molar refractivity (Wildman–Crippen MR) is 80.8 cm³/mol. The Kier molecular flexibility index (Phi) is 4.49. The van der Waals surface area contributed by atoms with E-state index in [1.165, 1.54) is 6.42 Å². The van der Waals surface area contributed by atoms with Crippen LogP contribution in [0.5, 0.6) is 0 Å². The Labute approximate surface area is 127 Å². The third-order valence-electron chi connectivity index (χ3n) is 3.73. The van der Waals surface area contributed by atoms with Crippen LogP contribution in [0.25, 0.3) is 0 Å². The number of hydrogen-bond donors (Lipinski definition) is 0. The van der Waals surface area contributed by atoms with E-state index in [0.717, 1.165) is 34.4 Å². The van der Waals surface area contributed by atoms with E-state index in [1.807, 2.05) is 6.92 Å². The van der Waals surface area contributed by atoms with Gasteiger partial charge in [0.05, 0.1) is 9.26 Å². The van der Waals surface area contributed by atoms with Crippen LogP contribution in [0.3, 0.4) is 0 Å². The van der Waals surface area contributed by atoms with Crippen molar-refractivity contribution in [2.75, 3.05) is 7.11 Å². The monoisotopic (exact) mass is 380 g/mol. The Balaban J connectivity index is 2.44. The summed E-state index contributed by atoms with van der Waals surface area (Å²) in [5.74, 6) is 1.39. The maximum absolute atomic E-state index is 6.18. The molecule has 3 nitrogen and oxygen atoms in total. The fraction of sp³-hybridized carbons (Fsp3) is 0.692. The topological polar surface area (TPSA) is 35.0 Å². The number of aromatic nitrogens is 2. The molecule has 1 saturated carbocycles. The molecule has 0 aliphatic heterocycles. The molecule has 1 heterocycles. The van der Waals surface area contributed by atoms with Crippen molar-refractivity contribution in [3.63, 3.8) is 0 Å². The van der Waals surface area contributed by atoms with Gasteiger partial charge in [-0.05, 0) is 54.7 Å². The summed E-state index contributed by atoms with van der Waals surface area (Å²) in [6, 6.07) is 0. The van der Waals surface area contributed by atoms with E-state index in [9.17, 15) is 0 Å². The van der Waals surface area contributed by atoms with Crippen LogP contribution < -0.4 is 0 Å². The van der Waals surface area contributed by atoms with E-state index in [-0.39, 0.29) is 5.60 Å². The Hall–Kier alpha value is 0.0600. The van der Waals surface area contributed by atoms with E-state index >= 15 is 0 Å². The molecule has 2 rings (SSSR count). The number of rotatable bonds is 2. The lowest BCUT2D eigenvalue weighted by Gasteiger charge is -2.37. The molecule has 18 heavy (non-hydrogen) atoms. The smallest absolute Gasteiger partial charge is 0.162 e. The molecule has 0 radical (unpaired) electrons. The summed E-state index contributed by atoms with van der Waals surface area (Å²) in [5.41, 5.74) is 0.580. The molecule has 1 aromatic heterocycles. The number of aryl methyl sites for hydroxylation is 1. The van der Waals surface area contributed by atoms with E-state index in [2.05, 4.69) is 39.5 Å². The van der Waals surface area contributed by atoms with Crippen LogP contribution in [-0.4, -0.2) is 17.1 Å². The minimum absolute atomic E-state index is 0.351. The molecule has 0 spiro atoms. The van der Waals surface area contributed by atoms with Gasteiger partial charge in [-0.1, -0.05) is 24.9 Å². The third-order valence-corrected chi connectivity index (χ3v) is 5.61. The van der Waals surface area contributed by atoms with Gasteiger partial charge in [-0.2, -0.15) is 0 Å². The van der Waals surface area contributed by atoms with Gasteiger partial charge < -0.3 is 4.74 Å². The number of methoxy groups -OCH3 is 1. The summed E-state index contributed by atoms with van der Waals surface area (Å²) in [6.07, 6.45) is 4.35. The van der Waals surface area contributed by atoms with Gasteiger partial charge in [-0.3, -0.25) is 0 Å². The zero-order valence-corrected chi connectivity index (χ0v) is 13.9. The average molecular weight is 381 g/mol. The number of nitrogens with zero attached hydrogens (tertiary/aromatic N) is 2. The Morgan fingerprint density at radius 2 is 2.17 bits per heavy atom. The summed E-state index contributed by atoms with van der Waals surface area (Å²) in [7, 11) is 1.75. The van der Waals surface area contributed by atoms with Crippen molar-refractivity contribution in [2.24, 2.45) is 5.92 Å². The molecule has 0 saturated heterocycles. The maximum Gasteiger partial charge on any atom is 0.162 e. The third kappa shape index (κ3) is 2.65. The molecule has 1 aliphatic carbocycles. The summed E-state index contributed by atoms with van der Waals surface area (Å²) in [5, 5.41) is 0.535.